The number of carbonyl (C=O) groups excluding carboxylic acids is 3. The molecule has 0 amide bonds. The van der Waals surface area contributed by atoms with Gasteiger partial charge in [-0.15, -0.1) is 0 Å². The van der Waals surface area contributed by atoms with E-state index in [1.54, 1.807) is 0 Å². The molecule has 0 aliphatic heterocycles. The van der Waals surface area contributed by atoms with Gasteiger partial charge in [0, 0.05) is 19.3 Å². The maximum atomic E-state index is 12.9. The summed E-state index contributed by atoms with van der Waals surface area (Å²) in [6, 6.07) is 0. The van der Waals surface area contributed by atoms with Gasteiger partial charge in [-0.05, 0) is 128 Å². The molecule has 0 aromatic heterocycles. The quantitative estimate of drug-likeness (QED) is 0.0261. The Morgan fingerprint density at radius 1 is 0.263 bits per heavy atom. The lowest BCUT2D eigenvalue weighted by Crippen LogP contribution is -2.30. The van der Waals surface area contributed by atoms with Crippen molar-refractivity contribution >= 4 is 17.9 Å². The molecule has 6 heteroatoms. The van der Waals surface area contributed by atoms with Crippen LogP contribution in [0.5, 0.6) is 0 Å². The lowest BCUT2D eigenvalue weighted by Gasteiger charge is -2.18. The second-order valence-corrected chi connectivity index (χ2v) is 22.3. The highest BCUT2D eigenvalue weighted by Crippen LogP contribution is 2.16. The van der Waals surface area contributed by atoms with Crippen molar-refractivity contribution in [1.82, 2.24) is 0 Å². The minimum atomic E-state index is -0.791. The Bertz CT molecular complexity index is 1610. The summed E-state index contributed by atoms with van der Waals surface area (Å²) in [5.41, 5.74) is 0. The molecule has 0 heterocycles. The molecule has 458 valence electrons. The lowest BCUT2D eigenvalue weighted by atomic mass is 10.0. The molecule has 6 nitrogen and oxygen atoms in total. The Morgan fingerprint density at radius 2 is 0.487 bits per heavy atom. The fourth-order valence-electron chi connectivity index (χ4n) is 9.41. The summed E-state index contributed by atoms with van der Waals surface area (Å²) in [4.78, 5) is 38.4. The van der Waals surface area contributed by atoms with E-state index in [1.165, 1.54) is 154 Å². The van der Waals surface area contributed by atoms with E-state index in [0.717, 1.165) is 128 Å². The zero-order valence-electron chi connectivity index (χ0n) is 52.6. The molecule has 0 aromatic carbocycles. The second kappa shape index (κ2) is 67.6. The first kappa shape index (κ1) is 76.1. The van der Waals surface area contributed by atoms with Crippen molar-refractivity contribution in [3.05, 3.63) is 109 Å². The van der Waals surface area contributed by atoms with Gasteiger partial charge in [0.2, 0.25) is 0 Å². The van der Waals surface area contributed by atoms with Crippen LogP contribution in [0.2, 0.25) is 0 Å². The lowest BCUT2D eigenvalue weighted by molar-refractivity contribution is -0.167. The molecular formula is C74H126O6. The van der Waals surface area contributed by atoms with E-state index < -0.39 is 6.10 Å². The van der Waals surface area contributed by atoms with Crippen molar-refractivity contribution in [2.75, 3.05) is 13.2 Å². The molecule has 0 rings (SSSR count). The third kappa shape index (κ3) is 64.9. The Morgan fingerprint density at radius 3 is 0.787 bits per heavy atom. The highest BCUT2D eigenvalue weighted by atomic mass is 16.6. The predicted octanol–water partition coefficient (Wildman–Crippen LogP) is 23.4. The van der Waals surface area contributed by atoms with Crippen LogP contribution in [0.4, 0.5) is 0 Å². The van der Waals surface area contributed by atoms with Crippen LogP contribution >= 0.6 is 0 Å². The molecule has 0 saturated carbocycles. The molecule has 0 radical (unpaired) electrons. The Labute approximate surface area is 495 Å². The van der Waals surface area contributed by atoms with E-state index in [0.29, 0.717) is 19.3 Å². The molecule has 0 aliphatic carbocycles. The topological polar surface area (TPSA) is 78.9 Å². The zero-order valence-corrected chi connectivity index (χ0v) is 52.6. The van der Waals surface area contributed by atoms with Crippen molar-refractivity contribution < 1.29 is 28.6 Å². The molecule has 1 unspecified atom stereocenters. The zero-order chi connectivity index (χ0) is 57.8. The molecule has 0 saturated heterocycles. The minimum absolute atomic E-state index is 0.0863. The van der Waals surface area contributed by atoms with E-state index in [-0.39, 0.29) is 31.1 Å². The molecule has 0 N–H and O–H groups in total. The number of hydrogen-bond donors (Lipinski definition) is 0. The Kier molecular flexibility index (Phi) is 64.3. The summed E-state index contributed by atoms with van der Waals surface area (Å²) in [6.07, 6.45) is 92.4. The number of hydrogen-bond acceptors (Lipinski definition) is 6. The third-order valence-corrected chi connectivity index (χ3v) is 14.5. The number of rotatable bonds is 61. The second-order valence-electron chi connectivity index (χ2n) is 22.3. The van der Waals surface area contributed by atoms with Gasteiger partial charge in [-0.1, -0.05) is 284 Å². The molecule has 80 heavy (non-hydrogen) atoms. The first-order valence-corrected chi connectivity index (χ1v) is 33.9. The largest absolute Gasteiger partial charge is 0.462 e. The normalized spacial score (nSPS) is 12.8. The van der Waals surface area contributed by atoms with E-state index in [1.807, 2.05) is 0 Å². The summed E-state index contributed by atoms with van der Waals surface area (Å²) in [7, 11) is 0. The molecule has 0 aromatic rings. The first-order chi connectivity index (χ1) is 39.5. The van der Waals surface area contributed by atoms with Gasteiger partial charge in [0.1, 0.15) is 13.2 Å². The van der Waals surface area contributed by atoms with Crippen molar-refractivity contribution in [1.29, 1.82) is 0 Å². The molecule has 1 atom stereocenters. The Hall–Kier alpha value is -3.93. The highest BCUT2D eigenvalue weighted by molar-refractivity contribution is 5.71. The highest BCUT2D eigenvalue weighted by Gasteiger charge is 2.19. The average Bonchev–Trinajstić information content (AvgIpc) is 3.46. The van der Waals surface area contributed by atoms with E-state index in [2.05, 4.69) is 130 Å². The smallest absolute Gasteiger partial charge is 0.306 e. The fraction of sp³-hybridized carbons (Fsp3) is 0.716. The van der Waals surface area contributed by atoms with E-state index in [4.69, 9.17) is 14.2 Å². The van der Waals surface area contributed by atoms with Gasteiger partial charge < -0.3 is 14.2 Å². The van der Waals surface area contributed by atoms with Crippen LogP contribution in [0.1, 0.15) is 323 Å². The van der Waals surface area contributed by atoms with Crippen molar-refractivity contribution in [3.63, 3.8) is 0 Å². The van der Waals surface area contributed by atoms with Crippen LogP contribution in [0.25, 0.3) is 0 Å². The number of esters is 3. The van der Waals surface area contributed by atoms with Crippen LogP contribution in [-0.4, -0.2) is 37.2 Å². The molecule has 0 spiro atoms. The van der Waals surface area contributed by atoms with Crippen molar-refractivity contribution in [2.24, 2.45) is 0 Å². The summed E-state index contributed by atoms with van der Waals surface area (Å²) in [5.74, 6) is -0.900. The van der Waals surface area contributed by atoms with Crippen molar-refractivity contribution in [3.8, 4) is 0 Å². The maximum Gasteiger partial charge on any atom is 0.306 e. The monoisotopic (exact) mass is 1110 g/mol. The van der Waals surface area contributed by atoms with Crippen LogP contribution in [0.3, 0.4) is 0 Å². The van der Waals surface area contributed by atoms with Crippen LogP contribution in [-0.2, 0) is 28.6 Å². The van der Waals surface area contributed by atoms with Gasteiger partial charge in [0.15, 0.2) is 6.10 Å². The van der Waals surface area contributed by atoms with Gasteiger partial charge in [0.25, 0.3) is 0 Å². The van der Waals surface area contributed by atoms with Crippen LogP contribution < -0.4 is 0 Å². The van der Waals surface area contributed by atoms with Gasteiger partial charge in [0.05, 0.1) is 0 Å². The molecule has 0 bridgehead atoms. The molecule has 0 fully saturated rings. The number of unbranched alkanes of at least 4 members (excludes halogenated alkanes) is 32. The van der Waals surface area contributed by atoms with Crippen molar-refractivity contribution in [2.45, 2.75) is 329 Å². The summed E-state index contributed by atoms with van der Waals surface area (Å²) >= 11 is 0. The number of allylic oxidation sites excluding steroid dienone is 18. The van der Waals surface area contributed by atoms with E-state index >= 15 is 0 Å². The SMILES string of the molecule is CC/C=C\C/C=C\C/C=C\C/C=C\C/C=C\C/C=C\CCCCCCCCCCCCCCC(=O)OCC(COC(=O)CCCCCCC/C=C\CCCCCCCC)OC(=O)CCCCCCC/C=C\C/C=C\CCCCCC. The van der Waals surface area contributed by atoms with Gasteiger partial charge >= 0.3 is 17.9 Å². The molecule has 0 aliphatic rings. The van der Waals surface area contributed by atoms with Crippen LogP contribution in [0, 0.1) is 0 Å². The minimum Gasteiger partial charge on any atom is -0.462 e. The summed E-state index contributed by atoms with van der Waals surface area (Å²) in [5, 5.41) is 0. The Balaban J connectivity index is 4.28. The fourth-order valence-corrected chi connectivity index (χ4v) is 9.41. The standard InChI is InChI=1S/C74H126O6/c1-4-7-10-13-16-19-22-25-28-30-31-32-33-34-35-36-37-38-39-40-41-42-43-44-47-49-52-55-58-61-64-67-73(76)79-70-71(69-78-72(75)66-63-60-57-54-51-48-45-27-24-21-18-15-12-9-6-3)80-74(77)68-65-62-59-56-53-50-46-29-26-23-20-17-14-11-8-5-2/h7,10,16,19-20,23,25,27-29,31-32,34-35,37-38,45-46,71H,4-6,8-9,11-15,17-18,21-22,24,26,30,33,36,39-44,47-70H2,1-3H3/b10-7-,19-16-,23-20-,28-25-,32-31-,35-34-,38-37-,45-27-,46-29-. The van der Waals surface area contributed by atoms with Gasteiger partial charge in [-0.3, -0.25) is 14.4 Å². The van der Waals surface area contributed by atoms with E-state index in [9.17, 15) is 14.4 Å². The third-order valence-electron chi connectivity index (χ3n) is 14.5. The predicted molar refractivity (Wildman–Crippen MR) is 348 cm³/mol. The number of carbonyl (C=O) groups is 3. The number of ether oxygens (including phenoxy) is 3. The van der Waals surface area contributed by atoms with Gasteiger partial charge in [-0.25, -0.2) is 0 Å². The summed E-state index contributed by atoms with van der Waals surface area (Å²) in [6.45, 7) is 6.51. The maximum absolute atomic E-state index is 12.9. The van der Waals surface area contributed by atoms with Crippen LogP contribution in [0.15, 0.2) is 109 Å². The molecular weight excluding hydrogens is 985 g/mol. The first-order valence-electron chi connectivity index (χ1n) is 33.9. The average molecular weight is 1110 g/mol. The van der Waals surface area contributed by atoms with Gasteiger partial charge in [-0.2, -0.15) is 0 Å². The summed E-state index contributed by atoms with van der Waals surface area (Å²) < 4.78 is 16.9.